The summed E-state index contributed by atoms with van der Waals surface area (Å²) in [5.41, 5.74) is 12.7. The van der Waals surface area contributed by atoms with Gasteiger partial charge in [-0.2, -0.15) is 0 Å². The molecule has 0 amide bonds. The number of hydrogen-bond donors (Lipinski definition) is 0. The van der Waals surface area contributed by atoms with Crippen LogP contribution in [0.3, 0.4) is 0 Å². The van der Waals surface area contributed by atoms with Gasteiger partial charge in [0.05, 0.1) is 0 Å². The van der Waals surface area contributed by atoms with Crippen LogP contribution in [0.2, 0.25) is 0 Å². The maximum absolute atomic E-state index is 2.43. The molecule has 0 spiro atoms. The molecule has 0 aliphatic rings. The molecule has 0 bridgehead atoms. The zero-order valence-electron chi connectivity index (χ0n) is 27.7. The van der Waals surface area contributed by atoms with Crippen LogP contribution in [0, 0.1) is 6.92 Å². The summed E-state index contributed by atoms with van der Waals surface area (Å²) in [6.45, 7) is 13.0. The Bertz CT molecular complexity index is 2400. The van der Waals surface area contributed by atoms with E-state index in [4.69, 9.17) is 0 Å². The van der Waals surface area contributed by atoms with E-state index in [-0.39, 0.29) is 0 Å². The van der Waals surface area contributed by atoms with Crippen LogP contribution < -0.4 is 0 Å². The third kappa shape index (κ3) is 5.05. The first-order chi connectivity index (χ1) is 22.4. The lowest BCUT2D eigenvalue weighted by molar-refractivity contribution is 1.36. The average molecular weight is 593 g/mol. The molecule has 0 aliphatic heterocycles. The van der Waals surface area contributed by atoms with E-state index in [1.807, 2.05) is 0 Å². The summed E-state index contributed by atoms with van der Waals surface area (Å²) >= 11 is 0. The zero-order chi connectivity index (χ0) is 31.9. The topological polar surface area (TPSA) is 0 Å². The van der Waals surface area contributed by atoms with Gasteiger partial charge >= 0.3 is 0 Å². The van der Waals surface area contributed by atoms with Crippen molar-refractivity contribution in [3.05, 3.63) is 155 Å². The van der Waals surface area contributed by atoms with E-state index in [9.17, 15) is 0 Å². The normalized spacial score (nSPS) is 13.3. The Morgan fingerprint density at radius 2 is 1.22 bits per heavy atom. The first kappa shape index (κ1) is 29.5. The van der Waals surface area contributed by atoms with Gasteiger partial charge in [-0.05, 0) is 158 Å². The SMILES string of the molecule is C\C=C/C(C)=C(C)/C=C(\C)c1cc(-c2ccc(C)c(/C=C\C)c2)c2ccc3ccc(-c4ccc5ccccc5c4)c4ccc1c2c34. The van der Waals surface area contributed by atoms with Crippen molar-refractivity contribution in [1.82, 2.24) is 0 Å². The molecule has 0 radical (unpaired) electrons. The molecular weight excluding hydrogens is 553 g/mol. The van der Waals surface area contributed by atoms with E-state index < -0.39 is 0 Å². The minimum absolute atomic E-state index is 1.25. The molecule has 0 nitrogen and oxygen atoms in total. The lowest BCUT2D eigenvalue weighted by atomic mass is 9.83. The molecule has 7 aromatic rings. The Balaban J connectivity index is 1.57. The molecular formula is C46H40. The minimum atomic E-state index is 1.25. The van der Waals surface area contributed by atoms with Gasteiger partial charge in [-0.15, -0.1) is 0 Å². The van der Waals surface area contributed by atoms with Crippen molar-refractivity contribution in [1.29, 1.82) is 0 Å². The van der Waals surface area contributed by atoms with Crippen molar-refractivity contribution in [2.24, 2.45) is 0 Å². The average Bonchev–Trinajstić information content (AvgIpc) is 3.07. The molecule has 0 N–H and O–H groups in total. The minimum Gasteiger partial charge on any atom is -0.0874 e. The number of hydrogen-bond acceptors (Lipinski definition) is 0. The van der Waals surface area contributed by atoms with Crippen LogP contribution in [0.25, 0.3) is 77.0 Å². The van der Waals surface area contributed by atoms with Crippen molar-refractivity contribution >= 4 is 54.7 Å². The molecule has 224 valence electrons. The van der Waals surface area contributed by atoms with Crippen LogP contribution in [-0.2, 0) is 0 Å². The van der Waals surface area contributed by atoms with Crippen LogP contribution in [0.1, 0.15) is 51.3 Å². The number of fused-ring (bicyclic) bond motifs is 1. The second-order valence-corrected chi connectivity index (χ2v) is 12.7. The lowest BCUT2D eigenvalue weighted by Crippen LogP contribution is -1.94. The summed E-state index contributed by atoms with van der Waals surface area (Å²) in [5, 5.41) is 10.4. The predicted molar refractivity (Wildman–Crippen MR) is 205 cm³/mol. The molecule has 0 saturated heterocycles. The van der Waals surface area contributed by atoms with Gasteiger partial charge in [0, 0.05) is 0 Å². The number of aryl methyl sites for hydroxylation is 1. The number of benzene rings is 7. The van der Waals surface area contributed by atoms with Crippen LogP contribution >= 0.6 is 0 Å². The number of rotatable bonds is 6. The Hall–Kier alpha value is -5.20. The van der Waals surface area contributed by atoms with Gasteiger partial charge in [-0.1, -0.05) is 115 Å². The molecule has 7 aromatic carbocycles. The monoisotopic (exact) mass is 592 g/mol. The van der Waals surface area contributed by atoms with Gasteiger partial charge in [-0.25, -0.2) is 0 Å². The highest BCUT2D eigenvalue weighted by atomic mass is 14.2. The van der Waals surface area contributed by atoms with E-state index in [0.29, 0.717) is 0 Å². The van der Waals surface area contributed by atoms with Gasteiger partial charge in [0.25, 0.3) is 0 Å². The first-order valence-corrected chi connectivity index (χ1v) is 16.3. The fourth-order valence-electron chi connectivity index (χ4n) is 7.14. The van der Waals surface area contributed by atoms with E-state index in [1.165, 1.54) is 98.8 Å². The van der Waals surface area contributed by atoms with E-state index in [2.05, 4.69) is 175 Å². The fourth-order valence-corrected chi connectivity index (χ4v) is 7.14. The first-order valence-electron chi connectivity index (χ1n) is 16.3. The quantitative estimate of drug-likeness (QED) is 0.133. The van der Waals surface area contributed by atoms with Crippen molar-refractivity contribution in [2.45, 2.75) is 41.5 Å². The second-order valence-electron chi connectivity index (χ2n) is 12.7. The summed E-state index contributed by atoms with van der Waals surface area (Å²) in [6.07, 6.45) is 11.0. The van der Waals surface area contributed by atoms with Crippen LogP contribution in [0.5, 0.6) is 0 Å². The van der Waals surface area contributed by atoms with E-state index >= 15 is 0 Å². The largest absolute Gasteiger partial charge is 0.0874 e. The summed E-state index contributed by atoms with van der Waals surface area (Å²) < 4.78 is 0. The highest BCUT2D eigenvalue weighted by Gasteiger charge is 2.19. The standard InChI is InChI=1S/C46H40/c1-7-11-29(3)31(5)25-32(6)43-28-44(38-16-15-30(4)35(26-38)12-8-2)42-22-20-34-19-21-39(40-23-24-41(43)46(42)45(34)40)37-18-17-33-13-9-10-14-36(33)27-37/h7-28H,1-6H3/b11-7-,12-8-,31-29+,32-25+. The molecule has 0 aromatic heterocycles. The Morgan fingerprint density at radius 1 is 0.543 bits per heavy atom. The third-order valence-electron chi connectivity index (χ3n) is 9.68. The van der Waals surface area contributed by atoms with E-state index in [0.717, 1.165) is 0 Å². The summed E-state index contributed by atoms with van der Waals surface area (Å²) in [4.78, 5) is 0. The smallest absolute Gasteiger partial charge is 0.00142 e. The molecule has 0 unspecified atom stereocenters. The molecule has 0 heterocycles. The summed E-state index contributed by atoms with van der Waals surface area (Å²) in [5.74, 6) is 0. The predicted octanol–water partition coefficient (Wildman–Crippen LogP) is 13.7. The zero-order valence-corrected chi connectivity index (χ0v) is 27.7. The van der Waals surface area contributed by atoms with Gasteiger partial charge in [0.15, 0.2) is 0 Å². The van der Waals surface area contributed by atoms with Crippen LogP contribution in [-0.4, -0.2) is 0 Å². The van der Waals surface area contributed by atoms with Crippen LogP contribution in [0.15, 0.2) is 139 Å². The molecule has 0 atom stereocenters. The molecule has 46 heavy (non-hydrogen) atoms. The summed E-state index contributed by atoms with van der Waals surface area (Å²) in [6, 6.07) is 38.8. The lowest BCUT2D eigenvalue weighted by Gasteiger charge is -2.20. The Kier molecular flexibility index (Phi) is 7.67. The Labute approximate surface area is 273 Å². The van der Waals surface area contributed by atoms with Crippen molar-refractivity contribution in [3.63, 3.8) is 0 Å². The van der Waals surface area contributed by atoms with Gasteiger partial charge in [-0.3, -0.25) is 0 Å². The molecule has 0 fully saturated rings. The maximum Gasteiger partial charge on any atom is -0.00142 e. The Morgan fingerprint density at radius 3 is 2.02 bits per heavy atom. The third-order valence-corrected chi connectivity index (χ3v) is 9.68. The van der Waals surface area contributed by atoms with Crippen molar-refractivity contribution in [3.8, 4) is 22.3 Å². The van der Waals surface area contributed by atoms with E-state index in [1.54, 1.807) is 0 Å². The molecule has 0 heteroatoms. The molecule has 0 aliphatic carbocycles. The van der Waals surface area contributed by atoms with Crippen LogP contribution in [0.4, 0.5) is 0 Å². The highest BCUT2D eigenvalue weighted by Crippen LogP contribution is 2.45. The second kappa shape index (κ2) is 12.0. The van der Waals surface area contributed by atoms with Gasteiger partial charge in [0.1, 0.15) is 0 Å². The number of allylic oxidation sites excluding steroid dienone is 7. The van der Waals surface area contributed by atoms with Gasteiger partial charge in [0.2, 0.25) is 0 Å². The fraction of sp³-hybridized carbons (Fsp3) is 0.130. The van der Waals surface area contributed by atoms with Crippen molar-refractivity contribution < 1.29 is 0 Å². The molecule has 7 rings (SSSR count). The molecule has 0 saturated carbocycles. The van der Waals surface area contributed by atoms with Crippen molar-refractivity contribution in [2.75, 3.05) is 0 Å². The summed E-state index contributed by atoms with van der Waals surface area (Å²) in [7, 11) is 0. The van der Waals surface area contributed by atoms with Gasteiger partial charge < -0.3 is 0 Å². The maximum atomic E-state index is 2.43. The highest BCUT2D eigenvalue weighted by molar-refractivity contribution is 6.29.